The van der Waals surface area contributed by atoms with E-state index in [-0.39, 0.29) is 12.1 Å². The van der Waals surface area contributed by atoms with E-state index in [9.17, 15) is 4.79 Å². The highest BCUT2D eigenvalue weighted by Gasteiger charge is 2.28. The third-order valence-electron chi connectivity index (χ3n) is 3.01. The first-order valence-electron chi connectivity index (χ1n) is 7.01. The van der Waals surface area contributed by atoms with Crippen molar-refractivity contribution < 1.29 is 9.53 Å². The smallest absolute Gasteiger partial charge is 0.407 e. The summed E-state index contributed by atoms with van der Waals surface area (Å²) in [5.74, 6) is 0.562. The molecule has 4 heteroatoms. The van der Waals surface area contributed by atoms with Gasteiger partial charge in [-0.05, 0) is 52.5 Å². The third-order valence-corrected chi connectivity index (χ3v) is 3.01. The molecule has 1 aliphatic rings. The van der Waals surface area contributed by atoms with Crippen molar-refractivity contribution >= 4 is 6.09 Å². The molecule has 1 saturated heterocycles. The zero-order valence-electron chi connectivity index (χ0n) is 12.4. The molecule has 1 fully saturated rings. The predicted octanol–water partition coefficient (Wildman–Crippen LogP) is 2.68. The highest BCUT2D eigenvalue weighted by atomic mass is 16.6. The Balaban J connectivity index is 2.52. The van der Waals surface area contributed by atoms with Gasteiger partial charge in [0.2, 0.25) is 0 Å². The van der Waals surface area contributed by atoms with Gasteiger partial charge in [-0.3, -0.25) is 0 Å². The maximum Gasteiger partial charge on any atom is 0.407 e. The topological polar surface area (TPSA) is 50.4 Å². The zero-order valence-corrected chi connectivity index (χ0v) is 12.4. The molecule has 1 heterocycles. The van der Waals surface area contributed by atoms with Crippen molar-refractivity contribution in [3.63, 3.8) is 0 Å². The van der Waals surface area contributed by atoms with Crippen LogP contribution >= 0.6 is 0 Å². The fraction of sp³-hybridized carbons (Fsp3) is 0.929. The van der Waals surface area contributed by atoms with E-state index in [0.29, 0.717) is 12.0 Å². The summed E-state index contributed by atoms with van der Waals surface area (Å²) in [5, 5.41) is 6.48. The molecule has 0 aromatic carbocycles. The molecule has 106 valence electrons. The summed E-state index contributed by atoms with van der Waals surface area (Å²) < 4.78 is 5.33. The number of amides is 1. The van der Waals surface area contributed by atoms with E-state index in [1.54, 1.807) is 0 Å². The van der Waals surface area contributed by atoms with Crippen LogP contribution in [0.3, 0.4) is 0 Å². The lowest BCUT2D eigenvalue weighted by Gasteiger charge is -2.28. The molecule has 2 N–H and O–H groups in total. The van der Waals surface area contributed by atoms with Gasteiger partial charge in [0.1, 0.15) is 5.60 Å². The number of carbonyl (C=O) groups excluding carboxylic acids is 1. The highest BCUT2D eigenvalue weighted by Crippen LogP contribution is 2.17. The molecule has 1 amide bonds. The number of rotatable bonds is 4. The molecule has 1 aliphatic heterocycles. The first kappa shape index (κ1) is 15.3. The van der Waals surface area contributed by atoms with Crippen LogP contribution in [-0.2, 0) is 4.74 Å². The maximum absolute atomic E-state index is 11.8. The standard InChI is InChI=1S/C14H28N2O2/c1-10(2)9-12(11-7-6-8-15-11)16-13(17)18-14(3,4)5/h10-12,15H,6-9H2,1-5H3,(H,16,17). The van der Waals surface area contributed by atoms with Crippen molar-refractivity contribution in [2.75, 3.05) is 6.54 Å². The fourth-order valence-electron chi connectivity index (χ4n) is 2.35. The van der Waals surface area contributed by atoms with Crippen molar-refractivity contribution in [2.45, 2.75) is 71.6 Å². The summed E-state index contributed by atoms with van der Waals surface area (Å²) in [7, 11) is 0. The molecular formula is C14H28N2O2. The van der Waals surface area contributed by atoms with Gasteiger partial charge in [-0.1, -0.05) is 13.8 Å². The first-order chi connectivity index (χ1) is 8.28. The number of ether oxygens (including phenoxy) is 1. The van der Waals surface area contributed by atoms with Crippen molar-refractivity contribution in [1.82, 2.24) is 10.6 Å². The summed E-state index contributed by atoms with van der Waals surface area (Å²) >= 11 is 0. The summed E-state index contributed by atoms with van der Waals surface area (Å²) in [6.45, 7) is 11.1. The molecule has 0 radical (unpaired) electrons. The Bertz CT molecular complexity index is 265. The monoisotopic (exact) mass is 256 g/mol. The number of carbonyl (C=O) groups is 1. The van der Waals surface area contributed by atoms with Crippen LogP contribution in [0, 0.1) is 5.92 Å². The van der Waals surface area contributed by atoms with E-state index in [2.05, 4.69) is 24.5 Å². The van der Waals surface area contributed by atoms with Crippen molar-refractivity contribution in [3.8, 4) is 0 Å². The van der Waals surface area contributed by atoms with E-state index in [4.69, 9.17) is 4.74 Å². The molecule has 0 aromatic rings. The Morgan fingerprint density at radius 2 is 2.11 bits per heavy atom. The summed E-state index contributed by atoms with van der Waals surface area (Å²) in [4.78, 5) is 11.8. The van der Waals surface area contributed by atoms with Gasteiger partial charge in [-0.25, -0.2) is 4.79 Å². The molecule has 0 aliphatic carbocycles. The Labute approximate surface area is 111 Å². The Kier molecular flexibility index (Phi) is 5.45. The molecule has 2 atom stereocenters. The number of nitrogens with one attached hydrogen (secondary N) is 2. The minimum Gasteiger partial charge on any atom is -0.444 e. The molecule has 4 nitrogen and oxygen atoms in total. The van der Waals surface area contributed by atoms with Gasteiger partial charge in [0.25, 0.3) is 0 Å². The first-order valence-corrected chi connectivity index (χ1v) is 7.01. The van der Waals surface area contributed by atoms with Gasteiger partial charge < -0.3 is 15.4 Å². The van der Waals surface area contributed by atoms with Crippen LogP contribution in [0.4, 0.5) is 4.79 Å². The SMILES string of the molecule is CC(C)CC(NC(=O)OC(C)(C)C)C1CCCN1. The van der Waals surface area contributed by atoms with E-state index in [0.717, 1.165) is 19.4 Å². The lowest BCUT2D eigenvalue weighted by Crippen LogP contribution is -2.49. The lowest BCUT2D eigenvalue weighted by atomic mass is 9.96. The Morgan fingerprint density at radius 1 is 1.44 bits per heavy atom. The zero-order chi connectivity index (χ0) is 13.8. The van der Waals surface area contributed by atoms with Crippen LogP contribution < -0.4 is 10.6 Å². The quantitative estimate of drug-likeness (QED) is 0.813. The predicted molar refractivity (Wildman–Crippen MR) is 73.6 cm³/mol. The summed E-state index contributed by atoms with van der Waals surface area (Å²) in [6, 6.07) is 0.558. The summed E-state index contributed by atoms with van der Waals surface area (Å²) in [5.41, 5.74) is -0.435. The van der Waals surface area contributed by atoms with E-state index in [1.807, 2.05) is 20.8 Å². The number of alkyl carbamates (subject to hydrolysis) is 1. The normalized spacial score (nSPS) is 22.0. The third kappa shape index (κ3) is 5.71. The molecule has 0 spiro atoms. The second-order valence-electron chi connectivity index (χ2n) is 6.59. The second-order valence-corrected chi connectivity index (χ2v) is 6.59. The van der Waals surface area contributed by atoms with Crippen LogP contribution in [0.5, 0.6) is 0 Å². The molecule has 1 rings (SSSR count). The van der Waals surface area contributed by atoms with Crippen LogP contribution in [0.2, 0.25) is 0 Å². The average molecular weight is 256 g/mol. The summed E-state index contributed by atoms with van der Waals surface area (Å²) in [6.07, 6.45) is 3.00. The average Bonchev–Trinajstić information content (AvgIpc) is 2.64. The molecule has 0 bridgehead atoms. The van der Waals surface area contributed by atoms with E-state index >= 15 is 0 Å². The van der Waals surface area contributed by atoms with E-state index in [1.165, 1.54) is 6.42 Å². The molecule has 18 heavy (non-hydrogen) atoms. The van der Waals surface area contributed by atoms with E-state index < -0.39 is 5.60 Å². The Hall–Kier alpha value is -0.770. The van der Waals surface area contributed by atoms with Crippen molar-refractivity contribution in [1.29, 1.82) is 0 Å². The largest absolute Gasteiger partial charge is 0.444 e. The van der Waals surface area contributed by atoms with Gasteiger partial charge in [-0.15, -0.1) is 0 Å². The van der Waals surface area contributed by atoms with Crippen LogP contribution in [0.1, 0.15) is 53.9 Å². The van der Waals surface area contributed by atoms with Gasteiger partial charge in [0.05, 0.1) is 0 Å². The van der Waals surface area contributed by atoms with Gasteiger partial charge in [0, 0.05) is 12.1 Å². The second kappa shape index (κ2) is 6.41. The van der Waals surface area contributed by atoms with Crippen LogP contribution in [-0.4, -0.2) is 30.3 Å². The molecule has 0 saturated carbocycles. The van der Waals surface area contributed by atoms with Crippen molar-refractivity contribution in [2.24, 2.45) is 5.92 Å². The van der Waals surface area contributed by atoms with Crippen LogP contribution in [0.25, 0.3) is 0 Å². The van der Waals surface area contributed by atoms with Gasteiger partial charge in [-0.2, -0.15) is 0 Å². The Morgan fingerprint density at radius 3 is 2.56 bits per heavy atom. The van der Waals surface area contributed by atoms with Crippen molar-refractivity contribution in [3.05, 3.63) is 0 Å². The van der Waals surface area contributed by atoms with Gasteiger partial charge >= 0.3 is 6.09 Å². The molecular weight excluding hydrogens is 228 g/mol. The molecule has 0 aromatic heterocycles. The lowest BCUT2D eigenvalue weighted by molar-refractivity contribution is 0.0487. The highest BCUT2D eigenvalue weighted by molar-refractivity contribution is 5.68. The number of hydrogen-bond acceptors (Lipinski definition) is 3. The molecule has 2 unspecified atom stereocenters. The maximum atomic E-state index is 11.8. The number of hydrogen-bond donors (Lipinski definition) is 2. The van der Waals surface area contributed by atoms with Gasteiger partial charge in [0.15, 0.2) is 0 Å². The van der Waals surface area contributed by atoms with Crippen LogP contribution in [0.15, 0.2) is 0 Å². The minimum absolute atomic E-state index is 0.169. The minimum atomic E-state index is -0.435. The fourth-order valence-corrected chi connectivity index (χ4v) is 2.35.